The summed E-state index contributed by atoms with van der Waals surface area (Å²) in [6.45, 7) is 0. The molecule has 2 rings (SSSR count). The lowest BCUT2D eigenvalue weighted by atomic mass is 10.2. The van der Waals surface area contributed by atoms with Gasteiger partial charge in [-0.2, -0.15) is 10.2 Å². The third kappa shape index (κ3) is 3.31. The molecule has 0 aliphatic rings. The van der Waals surface area contributed by atoms with Crippen molar-refractivity contribution < 1.29 is 9.90 Å². The Bertz CT molecular complexity index is 636. The summed E-state index contributed by atoms with van der Waals surface area (Å²) in [5.41, 5.74) is 3.21. The van der Waals surface area contributed by atoms with Gasteiger partial charge in [0.2, 0.25) is 0 Å². The largest absolute Gasteiger partial charge is 0.507 e. The molecule has 0 radical (unpaired) electrons. The molecule has 0 atom stereocenters. The highest BCUT2D eigenvalue weighted by atomic mass is 127. The summed E-state index contributed by atoms with van der Waals surface area (Å²) >= 11 is 2.03. The summed E-state index contributed by atoms with van der Waals surface area (Å²) in [5, 5.41) is 17.3. The average molecular weight is 370 g/mol. The molecule has 0 fully saturated rings. The minimum Gasteiger partial charge on any atom is -0.507 e. The Labute approximate surface area is 123 Å². The number of amides is 1. The monoisotopic (exact) mass is 370 g/mol. The molecule has 2 N–H and O–H groups in total. The quantitative estimate of drug-likeness (QED) is 0.488. The number of phenolic OH excluding ortho intramolecular Hbond substituents is 1. The van der Waals surface area contributed by atoms with Crippen LogP contribution in [0.25, 0.3) is 0 Å². The van der Waals surface area contributed by atoms with Crippen molar-refractivity contribution >= 4 is 34.7 Å². The Morgan fingerprint density at radius 2 is 2.26 bits per heavy atom. The number of aromatic nitrogens is 2. The van der Waals surface area contributed by atoms with Gasteiger partial charge in [0.25, 0.3) is 5.91 Å². The number of nitrogens with one attached hydrogen (secondary N) is 1. The van der Waals surface area contributed by atoms with Gasteiger partial charge in [-0.1, -0.05) is 12.1 Å². The second-order valence-electron chi connectivity index (χ2n) is 3.76. The number of para-hydroxylation sites is 1. The standard InChI is InChI=1S/C12H11IN4O2/c1-17-7-9(13)11(16-17)12(19)15-14-6-8-4-2-3-5-10(8)18/h2-7,18H,1H3,(H,15,19)/b14-6+. The summed E-state index contributed by atoms with van der Waals surface area (Å²) in [5.74, 6) is -0.287. The molecule has 1 aromatic heterocycles. The smallest absolute Gasteiger partial charge is 0.292 e. The third-order valence-corrected chi connectivity index (χ3v) is 3.10. The van der Waals surface area contributed by atoms with E-state index in [1.54, 1.807) is 42.2 Å². The molecule has 0 unspecified atom stereocenters. The number of hydrazone groups is 1. The first-order valence-corrected chi connectivity index (χ1v) is 6.46. The molecule has 0 aliphatic heterocycles. The second-order valence-corrected chi connectivity index (χ2v) is 4.92. The lowest BCUT2D eigenvalue weighted by molar-refractivity contribution is 0.0948. The van der Waals surface area contributed by atoms with Crippen LogP contribution in [-0.2, 0) is 7.05 Å². The lowest BCUT2D eigenvalue weighted by Crippen LogP contribution is -2.19. The van der Waals surface area contributed by atoms with Gasteiger partial charge in [-0.3, -0.25) is 9.48 Å². The van der Waals surface area contributed by atoms with Crippen molar-refractivity contribution in [3.05, 3.63) is 45.3 Å². The predicted molar refractivity (Wildman–Crippen MR) is 79.1 cm³/mol. The zero-order chi connectivity index (χ0) is 13.8. The summed E-state index contributed by atoms with van der Waals surface area (Å²) in [4.78, 5) is 11.8. The van der Waals surface area contributed by atoms with Gasteiger partial charge in [-0.25, -0.2) is 5.43 Å². The number of aromatic hydroxyl groups is 1. The van der Waals surface area contributed by atoms with Gasteiger partial charge in [0.1, 0.15) is 5.75 Å². The Hall–Kier alpha value is -1.90. The number of carbonyl (C=O) groups excluding carboxylic acids is 1. The molecule has 2 aromatic rings. The van der Waals surface area contributed by atoms with Crippen molar-refractivity contribution in [2.45, 2.75) is 0 Å². The summed E-state index contributed by atoms with van der Waals surface area (Å²) < 4.78 is 2.30. The number of benzene rings is 1. The van der Waals surface area contributed by atoms with E-state index in [1.165, 1.54) is 6.21 Å². The molecule has 7 heteroatoms. The van der Waals surface area contributed by atoms with E-state index in [1.807, 2.05) is 22.6 Å². The van der Waals surface area contributed by atoms with Crippen LogP contribution < -0.4 is 5.43 Å². The SMILES string of the molecule is Cn1cc(I)c(C(=O)N/N=C/c2ccccc2O)n1. The summed E-state index contributed by atoms with van der Waals surface area (Å²) in [6.07, 6.45) is 3.12. The highest BCUT2D eigenvalue weighted by Crippen LogP contribution is 2.12. The molecular weight excluding hydrogens is 359 g/mol. The molecule has 1 heterocycles. The number of carbonyl (C=O) groups is 1. The van der Waals surface area contributed by atoms with Gasteiger partial charge in [0, 0.05) is 18.8 Å². The highest BCUT2D eigenvalue weighted by Gasteiger charge is 2.13. The number of halogens is 1. The van der Waals surface area contributed by atoms with E-state index in [0.717, 1.165) is 3.57 Å². The Balaban J connectivity index is 2.05. The number of phenols is 1. The fourth-order valence-electron chi connectivity index (χ4n) is 1.42. The number of hydrogen-bond donors (Lipinski definition) is 2. The molecule has 0 saturated heterocycles. The number of nitrogens with zero attached hydrogens (tertiary/aromatic N) is 3. The molecule has 19 heavy (non-hydrogen) atoms. The van der Waals surface area contributed by atoms with Gasteiger partial charge in [-0.05, 0) is 34.7 Å². The second kappa shape index (κ2) is 5.83. The summed E-state index contributed by atoms with van der Waals surface area (Å²) in [6, 6.07) is 6.71. The van der Waals surface area contributed by atoms with Crippen molar-refractivity contribution in [2.75, 3.05) is 0 Å². The molecule has 98 valence electrons. The van der Waals surface area contributed by atoms with E-state index in [2.05, 4.69) is 15.6 Å². The molecule has 0 spiro atoms. The van der Waals surface area contributed by atoms with E-state index in [4.69, 9.17) is 0 Å². The Morgan fingerprint density at radius 3 is 2.89 bits per heavy atom. The number of hydrogen-bond acceptors (Lipinski definition) is 4. The molecule has 0 bridgehead atoms. The molecule has 1 amide bonds. The minimum atomic E-state index is -0.392. The van der Waals surface area contributed by atoms with Crippen molar-refractivity contribution in [2.24, 2.45) is 12.1 Å². The normalized spacial score (nSPS) is 10.8. The van der Waals surface area contributed by atoms with Crippen LogP contribution in [0.15, 0.2) is 35.6 Å². The fraction of sp³-hybridized carbons (Fsp3) is 0.0833. The Kier molecular flexibility index (Phi) is 4.15. The van der Waals surface area contributed by atoms with E-state index >= 15 is 0 Å². The summed E-state index contributed by atoms with van der Waals surface area (Å²) in [7, 11) is 1.74. The molecule has 0 saturated carbocycles. The first kappa shape index (κ1) is 13.5. The van der Waals surface area contributed by atoms with Crippen molar-refractivity contribution in [3.63, 3.8) is 0 Å². The molecule has 0 aliphatic carbocycles. The first-order chi connectivity index (χ1) is 9.08. The molecular formula is C12H11IN4O2. The van der Waals surface area contributed by atoms with Crippen LogP contribution in [-0.4, -0.2) is 27.0 Å². The number of rotatable bonds is 3. The van der Waals surface area contributed by atoms with Crippen molar-refractivity contribution in [3.8, 4) is 5.75 Å². The van der Waals surface area contributed by atoms with Gasteiger partial charge < -0.3 is 5.11 Å². The first-order valence-electron chi connectivity index (χ1n) is 5.38. The van der Waals surface area contributed by atoms with Crippen LogP contribution in [0.1, 0.15) is 16.1 Å². The van der Waals surface area contributed by atoms with Crippen LogP contribution >= 0.6 is 22.6 Å². The lowest BCUT2D eigenvalue weighted by Gasteiger charge is -1.98. The zero-order valence-corrected chi connectivity index (χ0v) is 12.2. The highest BCUT2D eigenvalue weighted by molar-refractivity contribution is 14.1. The maximum absolute atomic E-state index is 11.8. The van der Waals surface area contributed by atoms with Crippen LogP contribution in [0.3, 0.4) is 0 Å². The van der Waals surface area contributed by atoms with Gasteiger partial charge in [0.05, 0.1) is 9.78 Å². The van der Waals surface area contributed by atoms with E-state index in [9.17, 15) is 9.90 Å². The van der Waals surface area contributed by atoms with Crippen LogP contribution in [0.4, 0.5) is 0 Å². The topological polar surface area (TPSA) is 79.5 Å². The molecule has 1 aromatic carbocycles. The van der Waals surface area contributed by atoms with Gasteiger partial charge in [-0.15, -0.1) is 0 Å². The maximum Gasteiger partial charge on any atom is 0.292 e. The van der Waals surface area contributed by atoms with E-state index in [-0.39, 0.29) is 5.75 Å². The van der Waals surface area contributed by atoms with E-state index in [0.29, 0.717) is 11.3 Å². The fourth-order valence-corrected chi connectivity index (χ4v) is 2.18. The number of aryl methyl sites for hydroxylation is 1. The van der Waals surface area contributed by atoms with Crippen molar-refractivity contribution in [1.29, 1.82) is 0 Å². The van der Waals surface area contributed by atoms with Gasteiger partial charge >= 0.3 is 0 Å². The zero-order valence-electron chi connectivity index (χ0n) is 10.0. The van der Waals surface area contributed by atoms with E-state index < -0.39 is 5.91 Å². The van der Waals surface area contributed by atoms with Crippen LogP contribution in [0, 0.1) is 3.57 Å². The Morgan fingerprint density at radius 1 is 1.53 bits per heavy atom. The van der Waals surface area contributed by atoms with Crippen LogP contribution in [0.5, 0.6) is 5.75 Å². The van der Waals surface area contributed by atoms with Crippen LogP contribution in [0.2, 0.25) is 0 Å². The van der Waals surface area contributed by atoms with Gasteiger partial charge in [0.15, 0.2) is 5.69 Å². The third-order valence-electron chi connectivity index (χ3n) is 2.31. The predicted octanol–water partition coefficient (Wildman–Crippen LogP) is 1.49. The van der Waals surface area contributed by atoms with Crippen molar-refractivity contribution in [1.82, 2.24) is 15.2 Å². The minimum absolute atomic E-state index is 0.105. The average Bonchev–Trinajstić information content (AvgIpc) is 2.71. The molecule has 6 nitrogen and oxygen atoms in total. The maximum atomic E-state index is 11.8.